The third kappa shape index (κ3) is 3.66. The van der Waals surface area contributed by atoms with Crippen LogP contribution >= 0.6 is 23.7 Å². The molecule has 146 valence electrons. The Morgan fingerprint density at radius 2 is 2.04 bits per heavy atom. The lowest BCUT2D eigenvalue weighted by atomic mass is 9.78. The van der Waals surface area contributed by atoms with Gasteiger partial charge in [0.15, 0.2) is 10.9 Å². The third-order valence-corrected chi connectivity index (χ3v) is 6.31. The van der Waals surface area contributed by atoms with Gasteiger partial charge in [-0.25, -0.2) is 4.98 Å². The van der Waals surface area contributed by atoms with Crippen LogP contribution in [-0.2, 0) is 16.8 Å². The Kier molecular flexibility index (Phi) is 5.42. The maximum Gasteiger partial charge on any atom is 0.254 e. The number of Topliss-reactive ketones (excluding diaryl/α,β-unsaturated/α-hetero) is 1. The number of thiazole rings is 1. The molecule has 0 aromatic carbocycles. The van der Waals surface area contributed by atoms with Crippen molar-refractivity contribution in [1.82, 2.24) is 20.1 Å². The van der Waals surface area contributed by atoms with E-state index in [0.29, 0.717) is 29.3 Å². The lowest BCUT2D eigenvalue weighted by Gasteiger charge is -2.36. The van der Waals surface area contributed by atoms with Crippen molar-refractivity contribution in [3.63, 3.8) is 0 Å². The molecule has 7 nitrogen and oxygen atoms in total. The number of ketones is 1. The van der Waals surface area contributed by atoms with Gasteiger partial charge in [-0.05, 0) is 43.8 Å². The molecule has 1 saturated heterocycles. The number of halogens is 1. The summed E-state index contributed by atoms with van der Waals surface area (Å²) in [7, 11) is 0. The Bertz CT molecular complexity index is 840. The molecule has 2 aliphatic rings. The van der Waals surface area contributed by atoms with Crippen LogP contribution in [0.15, 0.2) is 18.5 Å². The molecule has 0 spiro atoms. The smallest absolute Gasteiger partial charge is 0.254 e. The first-order chi connectivity index (χ1) is 12.4. The number of rotatable bonds is 3. The summed E-state index contributed by atoms with van der Waals surface area (Å²) in [5, 5.41) is 11.1. The predicted molar refractivity (Wildman–Crippen MR) is 107 cm³/mol. The van der Waals surface area contributed by atoms with E-state index in [2.05, 4.69) is 34.6 Å². The van der Waals surface area contributed by atoms with Crippen molar-refractivity contribution in [2.24, 2.45) is 5.41 Å². The van der Waals surface area contributed by atoms with Gasteiger partial charge in [0.05, 0.1) is 10.6 Å². The molecule has 1 aliphatic carbocycles. The lowest BCUT2D eigenvalue weighted by Crippen LogP contribution is -2.52. The van der Waals surface area contributed by atoms with Crippen LogP contribution in [0.2, 0.25) is 0 Å². The highest BCUT2D eigenvalue weighted by Gasteiger charge is 2.43. The number of aromatic nitrogens is 3. The van der Waals surface area contributed by atoms with Crippen LogP contribution in [-0.4, -0.2) is 39.5 Å². The van der Waals surface area contributed by atoms with E-state index in [0.717, 1.165) is 25.2 Å². The Labute approximate surface area is 168 Å². The van der Waals surface area contributed by atoms with Crippen molar-refractivity contribution >= 4 is 40.6 Å². The number of hydrogen-bond donors (Lipinski definition) is 2. The van der Waals surface area contributed by atoms with Crippen LogP contribution in [0.5, 0.6) is 0 Å². The first-order valence-electron chi connectivity index (χ1n) is 8.95. The van der Waals surface area contributed by atoms with Gasteiger partial charge in [0.25, 0.3) is 5.91 Å². The first kappa shape index (κ1) is 20.0. The van der Waals surface area contributed by atoms with E-state index in [1.54, 1.807) is 10.9 Å². The van der Waals surface area contributed by atoms with Gasteiger partial charge < -0.3 is 5.32 Å². The van der Waals surface area contributed by atoms with Crippen LogP contribution in [0.4, 0.5) is 5.13 Å². The fourth-order valence-electron chi connectivity index (χ4n) is 3.91. The number of hydrogen-bond acceptors (Lipinski definition) is 6. The summed E-state index contributed by atoms with van der Waals surface area (Å²) in [4.78, 5) is 30.8. The van der Waals surface area contributed by atoms with Crippen molar-refractivity contribution in [2.75, 3.05) is 18.4 Å². The number of carbonyl (C=O) groups is 2. The predicted octanol–water partition coefficient (Wildman–Crippen LogP) is 2.63. The van der Waals surface area contributed by atoms with Gasteiger partial charge in [-0.3, -0.25) is 19.6 Å². The van der Waals surface area contributed by atoms with Gasteiger partial charge in [0.1, 0.15) is 5.54 Å². The third-order valence-electron chi connectivity index (χ3n) is 5.25. The van der Waals surface area contributed by atoms with Crippen molar-refractivity contribution in [3.05, 3.63) is 29.0 Å². The lowest BCUT2D eigenvalue weighted by molar-refractivity contribution is -0.126. The summed E-state index contributed by atoms with van der Waals surface area (Å²) in [5.74, 6) is 0.0124. The Morgan fingerprint density at radius 3 is 2.70 bits per heavy atom. The molecule has 0 unspecified atom stereocenters. The van der Waals surface area contributed by atoms with E-state index in [1.165, 1.54) is 11.3 Å². The van der Waals surface area contributed by atoms with Crippen molar-refractivity contribution in [3.8, 4) is 0 Å². The van der Waals surface area contributed by atoms with E-state index in [9.17, 15) is 9.59 Å². The topological polar surface area (TPSA) is 88.9 Å². The second-order valence-electron chi connectivity index (χ2n) is 7.92. The van der Waals surface area contributed by atoms with Crippen LogP contribution < -0.4 is 10.6 Å². The normalized spacial score (nSPS) is 20.4. The van der Waals surface area contributed by atoms with Gasteiger partial charge >= 0.3 is 0 Å². The molecule has 27 heavy (non-hydrogen) atoms. The molecule has 0 atom stereocenters. The summed E-state index contributed by atoms with van der Waals surface area (Å²) in [6, 6.07) is 1.83. The van der Waals surface area contributed by atoms with Gasteiger partial charge in [0, 0.05) is 18.8 Å². The quantitative estimate of drug-likeness (QED) is 0.813. The summed E-state index contributed by atoms with van der Waals surface area (Å²) in [6.07, 6.45) is 6.14. The zero-order chi connectivity index (χ0) is 18.4. The summed E-state index contributed by atoms with van der Waals surface area (Å²) in [5.41, 5.74) is 0.0135. The molecule has 4 rings (SSSR count). The molecule has 2 N–H and O–H groups in total. The van der Waals surface area contributed by atoms with Crippen molar-refractivity contribution in [1.29, 1.82) is 0 Å². The standard InChI is InChI=1S/C18H23N5O2S.ClH/c1-17(2)10-12-14(13(24)11-17)26-16(21-12)22-15(25)18(4-7-19-8-5-18)23-9-3-6-20-23;/h3,6,9,19H,4-5,7-8,10-11H2,1-2H3,(H,21,22,25);1H. The summed E-state index contributed by atoms with van der Waals surface area (Å²) < 4.78 is 1.75. The Balaban J connectivity index is 0.00000210. The second kappa shape index (κ2) is 7.33. The Morgan fingerprint density at radius 1 is 1.30 bits per heavy atom. The highest BCUT2D eigenvalue weighted by atomic mass is 35.5. The largest absolute Gasteiger partial charge is 0.317 e. The van der Waals surface area contributed by atoms with Gasteiger partial charge in [-0.15, -0.1) is 12.4 Å². The fourth-order valence-corrected chi connectivity index (χ4v) is 4.82. The molecule has 1 amide bonds. The van der Waals surface area contributed by atoms with E-state index in [4.69, 9.17) is 0 Å². The van der Waals surface area contributed by atoms with Crippen LogP contribution in [0, 0.1) is 5.41 Å². The number of anilines is 1. The molecule has 0 radical (unpaired) electrons. The highest BCUT2D eigenvalue weighted by molar-refractivity contribution is 7.17. The molecular weight excluding hydrogens is 386 g/mol. The summed E-state index contributed by atoms with van der Waals surface area (Å²) in [6.45, 7) is 5.67. The highest BCUT2D eigenvalue weighted by Crippen LogP contribution is 2.39. The number of nitrogens with zero attached hydrogens (tertiary/aromatic N) is 3. The van der Waals surface area contributed by atoms with Gasteiger partial charge in [0.2, 0.25) is 0 Å². The molecule has 0 saturated carbocycles. The van der Waals surface area contributed by atoms with Crippen LogP contribution in [0.25, 0.3) is 0 Å². The van der Waals surface area contributed by atoms with E-state index >= 15 is 0 Å². The van der Waals surface area contributed by atoms with E-state index < -0.39 is 5.54 Å². The number of carbonyl (C=O) groups excluding carboxylic acids is 2. The number of amides is 1. The molecule has 0 bridgehead atoms. The van der Waals surface area contributed by atoms with E-state index in [1.807, 2.05) is 12.3 Å². The Hall–Kier alpha value is -1.77. The molecular formula is C18H24ClN5O2S. The van der Waals surface area contributed by atoms with Crippen molar-refractivity contribution < 1.29 is 9.59 Å². The molecule has 3 heterocycles. The zero-order valence-electron chi connectivity index (χ0n) is 15.4. The van der Waals surface area contributed by atoms with Crippen molar-refractivity contribution in [2.45, 2.75) is 45.1 Å². The molecule has 1 aliphatic heterocycles. The minimum absolute atomic E-state index is 0. The molecule has 2 aromatic rings. The number of fused-ring (bicyclic) bond motifs is 1. The average molecular weight is 410 g/mol. The second-order valence-corrected chi connectivity index (χ2v) is 8.92. The zero-order valence-corrected chi connectivity index (χ0v) is 17.1. The SMILES string of the molecule is CC1(C)CC(=O)c2sc(NC(=O)C3(n4cccn4)CCNCC3)nc2C1.Cl. The van der Waals surface area contributed by atoms with Crippen LogP contribution in [0.1, 0.15) is 48.5 Å². The average Bonchev–Trinajstić information content (AvgIpc) is 3.24. The van der Waals surface area contributed by atoms with Gasteiger partial charge in [-0.2, -0.15) is 5.10 Å². The minimum atomic E-state index is -0.718. The summed E-state index contributed by atoms with van der Waals surface area (Å²) >= 11 is 1.29. The number of nitrogens with one attached hydrogen (secondary N) is 2. The first-order valence-corrected chi connectivity index (χ1v) is 9.77. The number of piperidine rings is 1. The van der Waals surface area contributed by atoms with Gasteiger partial charge in [-0.1, -0.05) is 25.2 Å². The minimum Gasteiger partial charge on any atom is -0.317 e. The molecule has 1 fully saturated rings. The fraction of sp³-hybridized carbons (Fsp3) is 0.556. The maximum absolute atomic E-state index is 13.2. The molecule has 2 aromatic heterocycles. The molecule has 9 heteroatoms. The van der Waals surface area contributed by atoms with Crippen LogP contribution in [0.3, 0.4) is 0 Å². The monoisotopic (exact) mass is 409 g/mol. The maximum atomic E-state index is 13.2. The van der Waals surface area contributed by atoms with E-state index in [-0.39, 0.29) is 29.5 Å².